The highest BCUT2D eigenvalue weighted by Gasteiger charge is 2.22. The van der Waals surface area contributed by atoms with E-state index < -0.39 is 0 Å². The van der Waals surface area contributed by atoms with E-state index in [9.17, 15) is 10.5 Å². The van der Waals surface area contributed by atoms with Crippen LogP contribution in [0.15, 0.2) is 303 Å². The van der Waals surface area contributed by atoms with E-state index in [-0.39, 0.29) is 0 Å². The van der Waals surface area contributed by atoms with Gasteiger partial charge in [-0.05, 0) is 234 Å². The molecule has 2 nitrogen and oxygen atoms in total. The summed E-state index contributed by atoms with van der Waals surface area (Å²) >= 11 is 0. The molecule has 0 heterocycles. The Morgan fingerprint density at radius 1 is 0.170 bits per heavy atom. The zero-order valence-electron chi connectivity index (χ0n) is 47.8. The van der Waals surface area contributed by atoms with E-state index in [0.717, 1.165) is 22.3 Å². The zero-order valence-corrected chi connectivity index (χ0v) is 47.8. The molecule has 18 rings (SSSR count). The third-order valence-electron chi connectivity index (χ3n) is 18.5. The van der Waals surface area contributed by atoms with E-state index in [0.29, 0.717) is 11.1 Å². The van der Waals surface area contributed by atoms with Crippen LogP contribution in [0.1, 0.15) is 11.1 Å². The molecule has 18 aromatic carbocycles. The minimum atomic E-state index is 0.657. The van der Waals surface area contributed by atoms with Crippen molar-refractivity contribution in [2.45, 2.75) is 0 Å². The largest absolute Gasteiger partial charge is 0.192 e. The van der Waals surface area contributed by atoms with E-state index in [1.165, 1.54) is 152 Å². The number of fused-ring (bicyclic) bond motifs is 22. The second-order valence-electron chi connectivity index (χ2n) is 23.2. The van der Waals surface area contributed by atoms with Gasteiger partial charge in [-0.2, -0.15) is 10.5 Å². The lowest BCUT2D eigenvalue weighted by Crippen LogP contribution is -1.91. The molecule has 0 bridgehead atoms. The van der Waals surface area contributed by atoms with Crippen molar-refractivity contribution in [2.24, 2.45) is 0 Å². The number of benzene rings is 18. The predicted octanol–water partition coefficient (Wildman–Crippen LogP) is 23.6. The second kappa shape index (κ2) is 20.4. The highest BCUT2D eigenvalue weighted by molar-refractivity contribution is 6.40. The molecule has 404 valence electrons. The molecule has 0 aliphatic carbocycles. The van der Waals surface area contributed by atoms with Crippen molar-refractivity contribution in [2.75, 3.05) is 0 Å². The smallest absolute Gasteiger partial charge is 0.0991 e. The molecule has 0 spiro atoms. The van der Waals surface area contributed by atoms with Crippen molar-refractivity contribution < 1.29 is 0 Å². The standard InChI is InChI=1S/C46H28.C40H22N2/c1-3-13-31-25-33(23-21-29(31)11-1)41-27-43-35-15-5-6-16-36(35)44-28-42(34-24-22-30-12-2-4-14-32(30)26-34)38-18-8-10-20-40(38)46(44)45(43)39-19-9-7-17-37(39)41;41-23-25-13-17-27(18-14-25)35-21-37-29-7-1-2-8-30(29)38-22-36(28-19-15-26(24-42)16-20-28)32-10-4-6-12-34(32)40(38)39(37)33-11-5-3-9-31(33)35/h1-28H;1-22H. The van der Waals surface area contributed by atoms with Crippen LogP contribution < -0.4 is 0 Å². The number of nitriles is 2. The Hall–Kier alpha value is -11.9. The van der Waals surface area contributed by atoms with Crippen molar-refractivity contribution in [1.29, 1.82) is 10.5 Å². The fraction of sp³-hybridized carbons (Fsp3) is 0. The molecule has 0 saturated carbocycles. The first-order valence-corrected chi connectivity index (χ1v) is 30.0. The summed E-state index contributed by atoms with van der Waals surface area (Å²) in [6, 6.07) is 114. The van der Waals surface area contributed by atoms with Crippen LogP contribution in [0.2, 0.25) is 0 Å². The molecular weight excluding hydrogens is 1060 g/mol. The van der Waals surface area contributed by atoms with Crippen molar-refractivity contribution in [3.63, 3.8) is 0 Å². The first kappa shape index (κ1) is 50.6. The normalized spacial score (nSPS) is 11.6. The van der Waals surface area contributed by atoms with Gasteiger partial charge in [0.15, 0.2) is 0 Å². The Kier molecular flexibility index (Phi) is 11.7. The average molecular weight is 1110 g/mol. The van der Waals surface area contributed by atoms with Gasteiger partial charge >= 0.3 is 0 Å². The summed E-state index contributed by atoms with van der Waals surface area (Å²) in [5.41, 5.74) is 10.9. The van der Waals surface area contributed by atoms with Crippen LogP contribution in [-0.4, -0.2) is 0 Å². The van der Waals surface area contributed by atoms with Crippen LogP contribution in [-0.2, 0) is 0 Å². The summed E-state index contributed by atoms with van der Waals surface area (Å²) in [5.74, 6) is 0. The molecule has 2 heteroatoms. The average Bonchev–Trinajstić information content (AvgIpc) is 0.843. The Balaban J connectivity index is 0.000000137. The highest BCUT2D eigenvalue weighted by atomic mass is 14.3. The topological polar surface area (TPSA) is 47.6 Å². The van der Waals surface area contributed by atoms with Gasteiger partial charge in [-0.3, -0.25) is 0 Å². The third-order valence-corrected chi connectivity index (χ3v) is 18.5. The van der Waals surface area contributed by atoms with Crippen LogP contribution in [0.4, 0.5) is 0 Å². The third kappa shape index (κ3) is 8.02. The minimum Gasteiger partial charge on any atom is -0.192 e. The second-order valence-corrected chi connectivity index (χ2v) is 23.2. The van der Waals surface area contributed by atoms with Gasteiger partial charge in [0.05, 0.1) is 23.3 Å². The molecule has 0 N–H and O–H groups in total. The Morgan fingerprint density at radius 2 is 0.398 bits per heavy atom. The molecule has 0 atom stereocenters. The van der Waals surface area contributed by atoms with Gasteiger partial charge in [0.25, 0.3) is 0 Å². The maximum atomic E-state index is 9.37. The van der Waals surface area contributed by atoms with E-state index >= 15 is 0 Å². The fourth-order valence-electron chi connectivity index (χ4n) is 14.5. The molecule has 0 aliphatic rings. The minimum absolute atomic E-state index is 0.657. The molecule has 18 aromatic rings. The SMILES string of the molecule is N#Cc1ccc(-c2cc3c4ccccc4c4cc(-c5ccc(C#N)cc5)c5ccccc5c4c3c3ccccc23)cc1.c1ccc2cc(-c3cc4c5ccccc5c5cc(-c6ccc7ccccc7c6)c6ccccc6c5c4c4ccccc34)ccc2c1. The first-order valence-electron chi connectivity index (χ1n) is 30.0. The highest BCUT2D eigenvalue weighted by Crippen LogP contribution is 2.50. The van der Waals surface area contributed by atoms with Gasteiger partial charge in [-0.25, -0.2) is 0 Å². The van der Waals surface area contributed by atoms with Crippen molar-refractivity contribution in [3.8, 4) is 56.6 Å². The first-order chi connectivity index (χ1) is 43.6. The van der Waals surface area contributed by atoms with Crippen molar-refractivity contribution in [1.82, 2.24) is 0 Å². The van der Waals surface area contributed by atoms with Crippen LogP contribution >= 0.6 is 0 Å². The zero-order chi connectivity index (χ0) is 58.4. The van der Waals surface area contributed by atoms with Gasteiger partial charge < -0.3 is 0 Å². The quantitative estimate of drug-likeness (QED) is 0.165. The molecule has 0 radical (unpaired) electrons. The summed E-state index contributed by atoms with van der Waals surface area (Å²) in [4.78, 5) is 0. The Labute approximate surface area is 507 Å². The summed E-state index contributed by atoms with van der Waals surface area (Å²) in [5, 5.41) is 48.9. The number of hydrogen-bond donors (Lipinski definition) is 0. The van der Waals surface area contributed by atoms with Crippen molar-refractivity contribution in [3.05, 3.63) is 314 Å². The summed E-state index contributed by atoms with van der Waals surface area (Å²) < 4.78 is 0. The van der Waals surface area contributed by atoms with Crippen LogP contribution in [0.25, 0.3) is 174 Å². The van der Waals surface area contributed by atoms with Gasteiger partial charge in [0.2, 0.25) is 0 Å². The molecule has 88 heavy (non-hydrogen) atoms. The van der Waals surface area contributed by atoms with Gasteiger partial charge in [0, 0.05) is 0 Å². The van der Waals surface area contributed by atoms with Crippen molar-refractivity contribution >= 4 is 129 Å². The van der Waals surface area contributed by atoms with E-state index in [1.807, 2.05) is 24.3 Å². The van der Waals surface area contributed by atoms with Crippen LogP contribution in [0.3, 0.4) is 0 Å². The molecule has 0 aromatic heterocycles. The van der Waals surface area contributed by atoms with Gasteiger partial charge in [-0.1, -0.05) is 243 Å². The predicted molar refractivity (Wildman–Crippen MR) is 374 cm³/mol. The fourth-order valence-corrected chi connectivity index (χ4v) is 14.5. The lowest BCUT2D eigenvalue weighted by Gasteiger charge is -2.19. The lowest BCUT2D eigenvalue weighted by atomic mass is 9.84. The van der Waals surface area contributed by atoms with Gasteiger partial charge in [-0.15, -0.1) is 0 Å². The Bertz CT molecular complexity index is 5690. The summed E-state index contributed by atoms with van der Waals surface area (Å²) in [7, 11) is 0. The summed E-state index contributed by atoms with van der Waals surface area (Å²) in [6.07, 6.45) is 0. The Morgan fingerprint density at radius 3 is 0.682 bits per heavy atom. The van der Waals surface area contributed by atoms with Crippen LogP contribution in [0.5, 0.6) is 0 Å². The molecule has 0 aliphatic heterocycles. The molecule has 0 saturated heterocycles. The van der Waals surface area contributed by atoms with E-state index in [1.54, 1.807) is 0 Å². The van der Waals surface area contributed by atoms with E-state index in [2.05, 4.69) is 291 Å². The van der Waals surface area contributed by atoms with E-state index in [4.69, 9.17) is 0 Å². The molecule has 0 unspecified atom stereocenters. The molecule has 0 amide bonds. The number of hydrogen-bond acceptors (Lipinski definition) is 2. The van der Waals surface area contributed by atoms with Crippen LogP contribution in [0, 0.1) is 22.7 Å². The molecule has 0 fully saturated rings. The number of nitrogens with zero attached hydrogens (tertiary/aromatic N) is 2. The maximum absolute atomic E-state index is 9.37. The lowest BCUT2D eigenvalue weighted by molar-refractivity contribution is 1.48. The molecular formula is C86H50N2. The van der Waals surface area contributed by atoms with Gasteiger partial charge in [0.1, 0.15) is 0 Å². The maximum Gasteiger partial charge on any atom is 0.0991 e. The monoisotopic (exact) mass is 1110 g/mol. The number of rotatable bonds is 4. The summed E-state index contributed by atoms with van der Waals surface area (Å²) in [6.45, 7) is 0.